The highest BCUT2D eigenvalue weighted by Gasteiger charge is 2.13. The summed E-state index contributed by atoms with van der Waals surface area (Å²) >= 11 is 1.45. The minimum absolute atomic E-state index is 0.142. The zero-order valence-electron chi connectivity index (χ0n) is 16.7. The van der Waals surface area contributed by atoms with E-state index in [1.54, 1.807) is 12.1 Å². The number of anilines is 1. The van der Waals surface area contributed by atoms with E-state index >= 15 is 0 Å². The predicted octanol–water partition coefficient (Wildman–Crippen LogP) is 4.25. The van der Waals surface area contributed by atoms with E-state index in [1.807, 2.05) is 61.5 Å². The van der Waals surface area contributed by atoms with Crippen LogP contribution in [0.2, 0.25) is 0 Å². The Morgan fingerprint density at radius 3 is 2.23 bits per heavy atom. The summed E-state index contributed by atoms with van der Waals surface area (Å²) in [5.41, 5.74) is 2.81. The first-order chi connectivity index (χ1) is 14.4. The van der Waals surface area contributed by atoms with E-state index in [2.05, 4.69) is 10.0 Å². The summed E-state index contributed by atoms with van der Waals surface area (Å²) in [6.45, 7) is 2.34. The van der Waals surface area contributed by atoms with Gasteiger partial charge >= 0.3 is 0 Å². The standard InChI is InChI=1S/C23H24N2O3S2/c1-18-7-11-21(12-8-18)29-17-23(26)25-20-9-13-22(14-10-20)30(27,28)24-16-15-19-5-3-2-4-6-19/h2-14,24H,15-17H2,1H3,(H,25,26). The first-order valence-corrected chi connectivity index (χ1v) is 12.0. The van der Waals surface area contributed by atoms with E-state index in [9.17, 15) is 13.2 Å². The van der Waals surface area contributed by atoms with Gasteiger partial charge in [-0.15, -0.1) is 11.8 Å². The Balaban J connectivity index is 1.49. The van der Waals surface area contributed by atoms with Crippen LogP contribution in [0.1, 0.15) is 11.1 Å². The van der Waals surface area contributed by atoms with E-state index in [-0.39, 0.29) is 16.6 Å². The third-order valence-corrected chi connectivity index (χ3v) is 6.88. The maximum atomic E-state index is 12.4. The number of aryl methyl sites for hydroxylation is 1. The quantitative estimate of drug-likeness (QED) is 0.488. The number of amides is 1. The van der Waals surface area contributed by atoms with E-state index < -0.39 is 10.0 Å². The summed E-state index contributed by atoms with van der Waals surface area (Å²) in [5.74, 6) is 0.140. The second-order valence-corrected chi connectivity index (χ2v) is 9.62. The summed E-state index contributed by atoms with van der Waals surface area (Å²) in [4.78, 5) is 13.3. The van der Waals surface area contributed by atoms with Crippen molar-refractivity contribution < 1.29 is 13.2 Å². The molecule has 30 heavy (non-hydrogen) atoms. The fourth-order valence-electron chi connectivity index (χ4n) is 2.76. The monoisotopic (exact) mass is 440 g/mol. The largest absolute Gasteiger partial charge is 0.325 e. The van der Waals surface area contributed by atoms with Gasteiger partial charge in [-0.3, -0.25) is 4.79 Å². The van der Waals surface area contributed by atoms with Crippen LogP contribution >= 0.6 is 11.8 Å². The zero-order valence-corrected chi connectivity index (χ0v) is 18.3. The number of hydrogen-bond donors (Lipinski definition) is 2. The Morgan fingerprint density at radius 1 is 0.900 bits per heavy atom. The van der Waals surface area contributed by atoms with Gasteiger partial charge in [-0.25, -0.2) is 13.1 Å². The number of thioether (sulfide) groups is 1. The molecule has 7 heteroatoms. The minimum atomic E-state index is -3.59. The molecule has 0 unspecified atom stereocenters. The topological polar surface area (TPSA) is 75.3 Å². The molecule has 2 N–H and O–H groups in total. The molecule has 3 aromatic rings. The van der Waals surface area contributed by atoms with Gasteiger partial charge in [-0.2, -0.15) is 0 Å². The van der Waals surface area contributed by atoms with Crippen molar-refractivity contribution in [3.05, 3.63) is 90.0 Å². The summed E-state index contributed by atoms with van der Waals surface area (Å²) in [6, 6.07) is 23.9. The van der Waals surface area contributed by atoms with Crippen molar-refractivity contribution in [2.24, 2.45) is 0 Å². The molecule has 0 atom stereocenters. The normalized spacial score (nSPS) is 11.2. The second-order valence-electron chi connectivity index (χ2n) is 6.81. The van der Waals surface area contributed by atoms with Gasteiger partial charge in [0.15, 0.2) is 0 Å². The van der Waals surface area contributed by atoms with Crippen molar-refractivity contribution in [3.8, 4) is 0 Å². The lowest BCUT2D eigenvalue weighted by atomic mass is 10.2. The molecule has 0 fully saturated rings. The maximum absolute atomic E-state index is 12.4. The maximum Gasteiger partial charge on any atom is 0.240 e. The molecule has 0 radical (unpaired) electrons. The molecule has 0 heterocycles. The number of nitrogens with one attached hydrogen (secondary N) is 2. The third kappa shape index (κ3) is 6.73. The van der Waals surface area contributed by atoms with Gasteiger partial charge in [0.25, 0.3) is 0 Å². The lowest BCUT2D eigenvalue weighted by molar-refractivity contribution is -0.113. The molecule has 0 spiro atoms. The van der Waals surface area contributed by atoms with Gasteiger partial charge in [0.2, 0.25) is 15.9 Å². The second kappa shape index (κ2) is 10.4. The fraction of sp³-hybridized carbons (Fsp3) is 0.174. The van der Waals surface area contributed by atoms with Gasteiger partial charge in [0.05, 0.1) is 10.6 Å². The molecule has 3 aromatic carbocycles. The van der Waals surface area contributed by atoms with Gasteiger partial charge in [0, 0.05) is 17.1 Å². The summed E-state index contributed by atoms with van der Waals surface area (Å²) in [6.07, 6.45) is 0.618. The first kappa shape index (κ1) is 22.1. The van der Waals surface area contributed by atoms with Gasteiger partial charge < -0.3 is 5.32 Å². The van der Waals surface area contributed by atoms with Crippen LogP contribution in [0.15, 0.2) is 88.7 Å². The third-order valence-electron chi connectivity index (χ3n) is 4.39. The predicted molar refractivity (Wildman–Crippen MR) is 122 cm³/mol. The molecule has 5 nitrogen and oxygen atoms in total. The Hall–Kier alpha value is -2.61. The van der Waals surface area contributed by atoms with Gasteiger partial charge in [0.1, 0.15) is 0 Å². The summed E-state index contributed by atoms with van der Waals surface area (Å²) in [5, 5.41) is 2.79. The SMILES string of the molecule is Cc1ccc(SCC(=O)Nc2ccc(S(=O)(=O)NCCc3ccccc3)cc2)cc1. The highest BCUT2D eigenvalue weighted by atomic mass is 32.2. The highest BCUT2D eigenvalue weighted by molar-refractivity contribution is 8.00. The number of benzene rings is 3. The van der Waals surface area contributed by atoms with Gasteiger partial charge in [-0.05, 0) is 55.3 Å². The average molecular weight is 441 g/mol. The highest BCUT2D eigenvalue weighted by Crippen LogP contribution is 2.19. The molecule has 0 aliphatic heterocycles. The van der Waals surface area contributed by atoms with Crippen molar-refractivity contribution >= 4 is 33.4 Å². The number of carbonyl (C=O) groups excluding carboxylic acids is 1. The van der Waals surface area contributed by atoms with Crippen molar-refractivity contribution in [1.82, 2.24) is 4.72 Å². The molecule has 156 valence electrons. The number of rotatable bonds is 9. The van der Waals surface area contributed by atoms with E-state index in [0.29, 0.717) is 18.7 Å². The number of hydrogen-bond acceptors (Lipinski definition) is 4. The van der Waals surface area contributed by atoms with Crippen molar-refractivity contribution in [1.29, 1.82) is 0 Å². The lowest BCUT2D eigenvalue weighted by Crippen LogP contribution is -2.26. The molecule has 3 rings (SSSR count). The Labute approximate surface area is 182 Å². The van der Waals surface area contributed by atoms with E-state index in [4.69, 9.17) is 0 Å². The van der Waals surface area contributed by atoms with Crippen LogP contribution in [0.25, 0.3) is 0 Å². The van der Waals surface area contributed by atoms with Crippen LogP contribution in [0.4, 0.5) is 5.69 Å². The zero-order chi connectivity index (χ0) is 21.4. The number of carbonyl (C=O) groups is 1. The van der Waals surface area contributed by atoms with E-state index in [0.717, 1.165) is 10.5 Å². The van der Waals surface area contributed by atoms with Crippen LogP contribution in [0, 0.1) is 6.92 Å². The lowest BCUT2D eigenvalue weighted by Gasteiger charge is -2.09. The van der Waals surface area contributed by atoms with Crippen LogP contribution in [0.3, 0.4) is 0 Å². The molecular formula is C23H24N2O3S2. The van der Waals surface area contributed by atoms with Gasteiger partial charge in [-0.1, -0.05) is 48.0 Å². The molecule has 0 aliphatic rings. The Kier molecular flexibility index (Phi) is 7.68. The van der Waals surface area contributed by atoms with Crippen molar-refractivity contribution in [3.63, 3.8) is 0 Å². The molecule has 0 aromatic heterocycles. The van der Waals surface area contributed by atoms with Crippen molar-refractivity contribution in [2.75, 3.05) is 17.6 Å². The Morgan fingerprint density at radius 2 is 1.57 bits per heavy atom. The molecule has 0 saturated carbocycles. The van der Waals surface area contributed by atoms with Crippen LogP contribution in [0.5, 0.6) is 0 Å². The van der Waals surface area contributed by atoms with Crippen molar-refractivity contribution in [2.45, 2.75) is 23.1 Å². The molecular weight excluding hydrogens is 416 g/mol. The molecule has 1 amide bonds. The Bertz CT molecular complexity index is 1070. The summed E-state index contributed by atoms with van der Waals surface area (Å²) in [7, 11) is -3.59. The minimum Gasteiger partial charge on any atom is -0.325 e. The van der Waals surface area contributed by atoms with E-state index in [1.165, 1.54) is 29.5 Å². The fourth-order valence-corrected chi connectivity index (χ4v) is 4.49. The average Bonchev–Trinajstić information content (AvgIpc) is 2.74. The smallest absolute Gasteiger partial charge is 0.240 e. The van der Waals surface area contributed by atoms with Crippen LogP contribution in [-0.2, 0) is 21.2 Å². The van der Waals surface area contributed by atoms with Crippen LogP contribution < -0.4 is 10.0 Å². The molecule has 0 saturated heterocycles. The molecule has 0 bridgehead atoms. The summed E-state index contributed by atoms with van der Waals surface area (Å²) < 4.78 is 27.5. The van der Waals surface area contributed by atoms with Crippen LogP contribution in [-0.4, -0.2) is 26.6 Å². The first-order valence-electron chi connectivity index (χ1n) is 9.55. The number of sulfonamides is 1. The molecule has 0 aliphatic carbocycles.